The maximum atomic E-state index is 12.2. The fourth-order valence-electron chi connectivity index (χ4n) is 2.40. The van der Waals surface area contributed by atoms with E-state index in [1.165, 1.54) is 0 Å². The van der Waals surface area contributed by atoms with Crippen molar-refractivity contribution in [3.05, 3.63) is 30.1 Å². The number of aliphatic carboxylic acids is 1. The predicted octanol–water partition coefficient (Wildman–Crippen LogP) is 1.41. The van der Waals surface area contributed by atoms with Gasteiger partial charge in [-0.3, -0.25) is 14.6 Å². The van der Waals surface area contributed by atoms with E-state index in [-0.39, 0.29) is 11.9 Å². The molecule has 96 valence electrons. The molecule has 1 saturated heterocycles. The Labute approximate surface area is 105 Å². The monoisotopic (exact) mass is 248 g/mol. The third-order valence-electron chi connectivity index (χ3n) is 3.45. The number of piperidine rings is 1. The number of pyridine rings is 1. The largest absolute Gasteiger partial charge is 0.481 e. The smallest absolute Gasteiger partial charge is 0.308 e. The fourth-order valence-corrected chi connectivity index (χ4v) is 2.40. The molecule has 0 aliphatic carbocycles. The van der Waals surface area contributed by atoms with Gasteiger partial charge < -0.3 is 10.0 Å². The summed E-state index contributed by atoms with van der Waals surface area (Å²) >= 11 is 0. The van der Waals surface area contributed by atoms with E-state index in [1.54, 1.807) is 36.2 Å². The first-order valence-electron chi connectivity index (χ1n) is 6.06. The second-order valence-electron chi connectivity index (χ2n) is 4.54. The number of carboxylic acid groups (broad SMARTS) is 1. The third-order valence-corrected chi connectivity index (χ3v) is 3.45. The average Bonchev–Trinajstić information content (AvgIpc) is 2.39. The Morgan fingerprint density at radius 3 is 2.83 bits per heavy atom. The van der Waals surface area contributed by atoms with Crippen LogP contribution in [0.4, 0.5) is 0 Å². The lowest BCUT2D eigenvalue weighted by Crippen LogP contribution is -2.49. The molecular formula is C13H16N2O3. The summed E-state index contributed by atoms with van der Waals surface area (Å²) in [6, 6.07) is 4.87. The predicted molar refractivity (Wildman–Crippen MR) is 65.1 cm³/mol. The number of carbonyl (C=O) groups is 2. The van der Waals surface area contributed by atoms with Gasteiger partial charge >= 0.3 is 5.97 Å². The van der Waals surface area contributed by atoms with Crippen molar-refractivity contribution in [1.29, 1.82) is 0 Å². The molecule has 1 amide bonds. The number of rotatable bonds is 2. The summed E-state index contributed by atoms with van der Waals surface area (Å²) < 4.78 is 0. The van der Waals surface area contributed by atoms with Crippen LogP contribution >= 0.6 is 0 Å². The van der Waals surface area contributed by atoms with Gasteiger partial charge in [0.25, 0.3) is 5.91 Å². The van der Waals surface area contributed by atoms with Gasteiger partial charge in [0.05, 0.1) is 5.92 Å². The van der Waals surface area contributed by atoms with Crippen LogP contribution < -0.4 is 0 Å². The van der Waals surface area contributed by atoms with Crippen LogP contribution in [0.25, 0.3) is 0 Å². The molecule has 1 aromatic heterocycles. The molecule has 1 N–H and O–H groups in total. The van der Waals surface area contributed by atoms with Crippen LogP contribution in [0.5, 0.6) is 0 Å². The number of carbonyl (C=O) groups excluding carboxylic acids is 1. The number of carboxylic acids is 1. The summed E-state index contributed by atoms with van der Waals surface area (Å²) in [5, 5.41) is 9.13. The van der Waals surface area contributed by atoms with Crippen molar-refractivity contribution in [2.24, 2.45) is 5.92 Å². The minimum atomic E-state index is -0.832. The van der Waals surface area contributed by atoms with Crippen molar-refractivity contribution < 1.29 is 14.7 Å². The molecule has 1 aliphatic rings. The summed E-state index contributed by atoms with van der Waals surface area (Å²) in [6.45, 7) is 2.39. The first kappa shape index (κ1) is 12.5. The standard InChI is InChI=1S/C13H16N2O3/c1-9-10(13(17)18)5-4-8-15(9)12(16)11-6-2-3-7-14-11/h2-3,6-7,9-10H,4-5,8H2,1H3,(H,17,18)/t9-,10-/m1/s1. The zero-order valence-electron chi connectivity index (χ0n) is 10.2. The molecule has 2 heterocycles. The van der Waals surface area contributed by atoms with E-state index in [1.807, 2.05) is 0 Å². The van der Waals surface area contributed by atoms with E-state index in [0.717, 1.165) is 6.42 Å². The molecule has 0 aromatic carbocycles. The number of aromatic nitrogens is 1. The molecule has 0 radical (unpaired) electrons. The summed E-state index contributed by atoms with van der Waals surface area (Å²) in [7, 11) is 0. The molecule has 0 bridgehead atoms. The number of nitrogens with zero attached hydrogens (tertiary/aromatic N) is 2. The Morgan fingerprint density at radius 2 is 2.22 bits per heavy atom. The Hall–Kier alpha value is -1.91. The SMILES string of the molecule is C[C@@H]1[C@H](C(=O)O)CCCN1C(=O)c1ccccn1. The van der Waals surface area contributed by atoms with Gasteiger partial charge in [-0.2, -0.15) is 0 Å². The molecule has 0 spiro atoms. The minimum absolute atomic E-state index is 0.186. The van der Waals surface area contributed by atoms with Crippen LogP contribution in [0.2, 0.25) is 0 Å². The van der Waals surface area contributed by atoms with Crippen molar-refractivity contribution in [2.45, 2.75) is 25.8 Å². The van der Waals surface area contributed by atoms with E-state index in [9.17, 15) is 9.59 Å². The van der Waals surface area contributed by atoms with Gasteiger partial charge in [-0.1, -0.05) is 6.07 Å². The molecule has 1 fully saturated rings. The molecule has 2 atom stereocenters. The molecule has 0 saturated carbocycles. The van der Waals surface area contributed by atoms with Gasteiger partial charge in [-0.05, 0) is 31.9 Å². The van der Waals surface area contributed by atoms with E-state index < -0.39 is 11.9 Å². The second-order valence-corrected chi connectivity index (χ2v) is 4.54. The Bertz CT molecular complexity index is 447. The molecule has 1 aliphatic heterocycles. The fraction of sp³-hybridized carbons (Fsp3) is 0.462. The molecular weight excluding hydrogens is 232 g/mol. The third kappa shape index (κ3) is 2.34. The molecule has 5 heteroatoms. The van der Waals surface area contributed by atoms with Crippen LogP contribution in [0, 0.1) is 5.92 Å². The van der Waals surface area contributed by atoms with Gasteiger partial charge in [-0.15, -0.1) is 0 Å². The molecule has 5 nitrogen and oxygen atoms in total. The molecule has 2 rings (SSSR count). The normalized spacial score (nSPS) is 23.7. The van der Waals surface area contributed by atoms with Crippen molar-refractivity contribution in [1.82, 2.24) is 9.88 Å². The highest BCUT2D eigenvalue weighted by Gasteiger charge is 2.35. The maximum Gasteiger partial charge on any atom is 0.308 e. The highest BCUT2D eigenvalue weighted by Crippen LogP contribution is 2.24. The van der Waals surface area contributed by atoms with Gasteiger partial charge in [0.1, 0.15) is 5.69 Å². The van der Waals surface area contributed by atoms with Crippen molar-refractivity contribution in [2.75, 3.05) is 6.54 Å². The lowest BCUT2D eigenvalue weighted by molar-refractivity contribution is -0.144. The van der Waals surface area contributed by atoms with Crippen LogP contribution in [-0.2, 0) is 4.79 Å². The minimum Gasteiger partial charge on any atom is -0.481 e. The zero-order chi connectivity index (χ0) is 13.1. The molecule has 0 unspecified atom stereocenters. The first-order valence-corrected chi connectivity index (χ1v) is 6.06. The van der Waals surface area contributed by atoms with E-state index in [4.69, 9.17) is 5.11 Å². The Kier molecular flexibility index (Phi) is 3.60. The maximum absolute atomic E-state index is 12.2. The number of amides is 1. The Balaban J connectivity index is 2.18. The van der Waals surface area contributed by atoms with Gasteiger partial charge in [-0.25, -0.2) is 0 Å². The van der Waals surface area contributed by atoms with Crippen LogP contribution in [0.1, 0.15) is 30.3 Å². The molecule has 18 heavy (non-hydrogen) atoms. The number of hydrogen-bond acceptors (Lipinski definition) is 3. The van der Waals surface area contributed by atoms with Gasteiger partial charge in [0.2, 0.25) is 0 Å². The summed E-state index contributed by atoms with van der Waals surface area (Å²) in [4.78, 5) is 29.0. The van der Waals surface area contributed by atoms with E-state index >= 15 is 0 Å². The van der Waals surface area contributed by atoms with Gasteiger partial charge in [0, 0.05) is 18.8 Å². The molecule has 1 aromatic rings. The number of hydrogen-bond donors (Lipinski definition) is 1. The topological polar surface area (TPSA) is 70.5 Å². The van der Waals surface area contributed by atoms with Crippen molar-refractivity contribution >= 4 is 11.9 Å². The lowest BCUT2D eigenvalue weighted by Gasteiger charge is -2.37. The second kappa shape index (κ2) is 5.16. The van der Waals surface area contributed by atoms with E-state index in [0.29, 0.717) is 18.7 Å². The Morgan fingerprint density at radius 1 is 1.44 bits per heavy atom. The number of likely N-dealkylation sites (tertiary alicyclic amines) is 1. The summed E-state index contributed by atoms with van der Waals surface area (Å²) in [6.07, 6.45) is 2.92. The van der Waals surface area contributed by atoms with Crippen LogP contribution in [0.15, 0.2) is 24.4 Å². The summed E-state index contributed by atoms with van der Waals surface area (Å²) in [5.41, 5.74) is 0.371. The lowest BCUT2D eigenvalue weighted by atomic mass is 9.90. The van der Waals surface area contributed by atoms with Gasteiger partial charge in [0.15, 0.2) is 0 Å². The van der Waals surface area contributed by atoms with Crippen LogP contribution in [0.3, 0.4) is 0 Å². The van der Waals surface area contributed by atoms with Crippen molar-refractivity contribution in [3.63, 3.8) is 0 Å². The van der Waals surface area contributed by atoms with E-state index in [2.05, 4.69) is 4.98 Å². The summed E-state index contributed by atoms with van der Waals surface area (Å²) in [5.74, 6) is -1.50. The zero-order valence-corrected chi connectivity index (χ0v) is 10.2. The average molecular weight is 248 g/mol. The quantitative estimate of drug-likeness (QED) is 0.859. The highest BCUT2D eigenvalue weighted by atomic mass is 16.4. The van der Waals surface area contributed by atoms with Crippen LogP contribution in [-0.4, -0.2) is 39.5 Å². The van der Waals surface area contributed by atoms with Crippen molar-refractivity contribution in [3.8, 4) is 0 Å². The highest BCUT2D eigenvalue weighted by molar-refractivity contribution is 5.93. The first-order chi connectivity index (χ1) is 8.61.